The number of benzene rings is 1. The number of nitrogens with zero attached hydrogens (tertiary/aromatic N) is 1. The maximum Gasteiger partial charge on any atom is 0.325 e. The van der Waals surface area contributed by atoms with Crippen LogP contribution in [0.5, 0.6) is 5.75 Å². The van der Waals surface area contributed by atoms with Crippen LogP contribution in [0, 0.1) is 0 Å². The summed E-state index contributed by atoms with van der Waals surface area (Å²) in [5.74, 6) is 0.135. The number of para-hydroxylation sites is 2. The topological polar surface area (TPSA) is 64.8 Å². The molecule has 5 heteroatoms. The van der Waals surface area contributed by atoms with Gasteiger partial charge in [-0.1, -0.05) is 12.1 Å². The molecule has 0 bridgehead atoms. The van der Waals surface area contributed by atoms with Crippen molar-refractivity contribution in [2.24, 2.45) is 0 Å². The van der Waals surface area contributed by atoms with Gasteiger partial charge in [-0.15, -0.1) is 0 Å². The van der Waals surface area contributed by atoms with Crippen molar-refractivity contribution in [3.05, 3.63) is 24.3 Å². The van der Waals surface area contributed by atoms with E-state index in [1.807, 2.05) is 4.90 Å². The van der Waals surface area contributed by atoms with Crippen molar-refractivity contribution >= 4 is 11.7 Å². The highest BCUT2D eigenvalue weighted by molar-refractivity contribution is 5.76. The maximum atomic E-state index is 11.7. The molecule has 1 aromatic rings. The summed E-state index contributed by atoms with van der Waals surface area (Å²) in [5.41, 5.74) is 6.17. The minimum atomic E-state index is -0.287. The molecule has 5 nitrogen and oxygen atoms in total. The molecule has 0 radical (unpaired) electrons. The predicted molar refractivity (Wildman–Crippen MR) is 63.7 cm³/mol. The second-order valence-corrected chi connectivity index (χ2v) is 3.90. The lowest BCUT2D eigenvalue weighted by atomic mass is 10.3. The molecule has 0 aromatic heterocycles. The van der Waals surface area contributed by atoms with E-state index < -0.39 is 0 Å². The minimum Gasteiger partial charge on any atom is -0.423 e. The monoisotopic (exact) mass is 236 g/mol. The van der Waals surface area contributed by atoms with Gasteiger partial charge >= 0.3 is 5.97 Å². The van der Waals surface area contributed by atoms with Crippen LogP contribution >= 0.6 is 0 Å². The predicted octanol–water partition coefficient (Wildman–Crippen LogP) is 0.506. The lowest BCUT2D eigenvalue weighted by Crippen LogP contribution is -2.40. The molecule has 1 saturated heterocycles. The third-order valence-electron chi connectivity index (χ3n) is 2.60. The number of ether oxygens (including phenoxy) is 2. The fourth-order valence-corrected chi connectivity index (χ4v) is 1.67. The zero-order valence-corrected chi connectivity index (χ0v) is 9.59. The van der Waals surface area contributed by atoms with E-state index >= 15 is 0 Å². The van der Waals surface area contributed by atoms with E-state index in [2.05, 4.69) is 0 Å². The van der Waals surface area contributed by atoms with Crippen molar-refractivity contribution in [2.75, 3.05) is 38.6 Å². The summed E-state index contributed by atoms with van der Waals surface area (Å²) in [7, 11) is 0. The van der Waals surface area contributed by atoms with Gasteiger partial charge in [-0.3, -0.25) is 9.69 Å². The van der Waals surface area contributed by atoms with E-state index in [1.54, 1.807) is 24.3 Å². The number of anilines is 1. The average Bonchev–Trinajstić information content (AvgIpc) is 2.33. The average molecular weight is 236 g/mol. The molecule has 0 unspecified atom stereocenters. The molecule has 1 heterocycles. The summed E-state index contributed by atoms with van der Waals surface area (Å²) in [6, 6.07) is 6.98. The van der Waals surface area contributed by atoms with Crippen LogP contribution < -0.4 is 10.5 Å². The molecule has 0 amide bonds. The number of carbonyl (C=O) groups is 1. The number of hydrogen-bond donors (Lipinski definition) is 1. The van der Waals surface area contributed by atoms with Gasteiger partial charge in [-0.2, -0.15) is 0 Å². The van der Waals surface area contributed by atoms with Gasteiger partial charge < -0.3 is 15.2 Å². The molecule has 0 saturated carbocycles. The number of carbonyl (C=O) groups excluding carboxylic acids is 1. The minimum absolute atomic E-state index is 0.275. The van der Waals surface area contributed by atoms with Crippen LogP contribution in [0.25, 0.3) is 0 Å². The Morgan fingerprint density at radius 3 is 2.76 bits per heavy atom. The first-order valence-corrected chi connectivity index (χ1v) is 5.61. The number of nitrogens with two attached hydrogens (primary N) is 1. The molecule has 0 aliphatic carbocycles. The van der Waals surface area contributed by atoms with Crippen molar-refractivity contribution in [1.29, 1.82) is 0 Å². The molecule has 1 aromatic carbocycles. The van der Waals surface area contributed by atoms with Crippen molar-refractivity contribution in [3.8, 4) is 5.75 Å². The van der Waals surface area contributed by atoms with Crippen molar-refractivity contribution in [1.82, 2.24) is 4.90 Å². The Balaban J connectivity index is 1.86. The van der Waals surface area contributed by atoms with Gasteiger partial charge in [0, 0.05) is 13.1 Å². The standard InChI is InChI=1S/C12H16N2O3/c13-10-3-1-2-4-11(10)17-12(15)9-14-5-7-16-8-6-14/h1-4H,5-9,13H2. The number of nitrogen functional groups attached to an aromatic ring is 1. The van der Waals surface area contributed by atoms with Gasteiger partial charge in [-0.25, -0.2) is 0 Å². The van der Waals surface area contributed by atoms with Gasteiger partial charge in [0.05, 0.1) is 25.4 Å². The van der Waals surface area contributed by atoms with E-state index in [0.717, 1.165) is 13.1 Å². The van der Waals surface area contributed by atoms with Gasteiger partial charge in [0.15, 0.2) is 5.75 Å². The lowest BCUT2D eigenvalue weighted by molar-refractivity contribution is -0.136. The lowest BCUT2D eigenvalue weighted by Gasteiger charge is -2.25. The second-order valence-electron chi connectivity index (χ2n) is 3.90. The van der Waals surface area contributed by atoms with Crippen molar-refractivity contribution in [2.45, 2.75) is 0 Å². The molecule has 92 valence electrons. The summed E-state index contributed by atoms with van der Waals surface area (Å²) < 4.78 is 10.4. The molecule has 17 heavy (non-hydrogen) atoms. The molecule has 1 aliphatic heterocycles. The van der Waals surface area contributed by atoms with Gasteiger partial charge in [0.2, 0.25) is 0 Å². The zero-order chi connectivity index (χ0) is 12.1. The quantitative estimate of drug-likeness (QED) is 0.470. The normalized spacial score (nSPS) is 16.7. The Morgan fingerprint density at radius 1 is 1.35 bits per heavy atom. The van der Waals surface area contributed by atoms with Crippen molar-refractivity contribution < 1.29 is 14.3 Å². The van der Waals surface area contributed by atoms with Crippen LogP contribution in [0.4, 0.5) is 5.69 Å². The van der Waals surface area contributed by atoms with E-state index in [0.29, 0.717) is 24.7 Å². The largest absolute Gasteiger partial charge is 0.423 e. The van der Waals surface area contributed by atoms with E-state index in [9.17, 15) is 4.79 Å². The summed E-state index contributed by atoms with van der Waals surface area (Å²) >= 11 is 0. The fraction of sp³-hybridized carbons (Fsp3) is 0.417. The number of rotatable bonds is 3. The number of hydrogen-bond acceptors (Lipinski definition) is 5. The third-order valence-corrected chi connectivity index (χ3v) is 2.60. The molecular weight excluding hydrogens is 220 g/mol. The number of esters is 1. The van der Waals surface area contributed by atoms with Crippen LogP contribution in [-0.4, -0.2) is 43.7 Å². The molecular formula is C12H16N2O3. The smallest absolute Gasteiger partial charge is 0.325 e. The zero-order valence-electron chi connectivity index (χ0n) is 9.59. The Bertz CT molecular complexity index is 389. The van der Waals surface area contributed by atoms with Crippen LogP contribution in [0.1, 0.15) is 0 Å². The Kier molecular flexibility index (Phi) is 3.95. The molecule has 2 rings (SSSR count). The molecule has 0 spiro atoms. The van der Waals surface area contributed by atoms with Crippen LogP contribution in [0.15, 0.2) is 24.3 Å². The van der Waals surface area contributed by atoms with Crippen molar-refractivity contribution in [3.63, 3.8) is 0 Å². The van der Waals surface area contributed by atoms with Crippen LogP contribution in [0.3, 0.4) is 0 Å². The first-order chi connectivity index (χ1) is 8.25. The first-order valence-electron chi connectivity index (χ1n) is 5.61. The van der Waals surface area contributed by atoms with Crippen LogP contribution in [0.2, 0.25) is 0 Å². The Morgan fingerprint density at radius 2 is 2.06 bits per heavy atom. The van der Waals surface area contributed by atoms with E-state index in [4.69, 9.17) is 15.2 Å². The van der Waals surface area contributed by atoms with Gasteiger partial charge in [0.1, 0.15) is 0 Å². The molecule has 0 atom stereocenters. The molecule has 1 aliphatic rings. The van der Waals surface area contributed by atoms with E-state index in [1.165, 1.54) is 0 Å². The SMILES string of the molecule is Nc1ccccc1OC(=O)CN1CCOCC1. The first kappa shape index (κ1) is 11.9. The molecule has 1 fully saturated rings. The highest BCUT2D eigenvalue weighted by Crippen LogP contribution is 2.19. The van der Waals surface area contributed by atoms with Gasteiger partial charge in [-0.05, 0) is 12.1 Å². The highest BCUT2D eigenvalue weighted by Gasteiger charge is 2.15. The van der Waals surface area contributed by atoms with Gasteiger partial charge in [0.25, 0.3) is 0 Å². The van der Waals surface area contributed by atoms with Crippen LogP contribution in [-0.2, 0) is 9.53 Å². The highest BCUT2D eigenvalue weighted by atomic mass is 16.5. The third kappa shape index (κ3) is 3.44. The summed E-state index contributed by atoms with van der Waals surface area (Å²) in [4.78, 5) is 13.7. The fourth-order valence-electron chi connectivity index (χ4n) is 1.67. The summed E-state index contributed by atoms with van der Waals surface area (Å²) in [6.45, 7) is 3.14. The molecule has 2 N–H and O–H groups in total. The maximum absolute atomic E-state index is 11.7. The summed E-state index contributed by atoms with van der Waals surface area (Å²) in [6.07, 6.45) is 0. The van der Waals surface area contributed by atoms with E-state index in [-0.39, 0.29) is 12.5 Å². The Labute approximate surface area is 100 Å². The number of morpholine rings is 1. The second kappa shape index (κ2) is 5.65. The summed E-state index contributed by atoms with van der Waals surface area (Å²) in [5, 5.41) is 0. The Hall–Kier alpha value is -1.59.